The third kappa shape index (κ3) is 3.97. The Bertz CT molecular complexity index is 406. The van der Waals surface area contributed by atoms with Gasteiger partial charge in [0, 0.05) is 15.5 Å². The summed E-state index contributed by atoms with van der Waals surface area (Å²) in [5.41, 5.74) is 0.452. The van der Waals surface area contributed by atoms with Crippen molar-refractivity contribution in [2.24, 2.45) is 0 Å². The minimum absolute atomic E-state index is 0.215. The zero-order valence-electron chi connectivity index (χ0n) is 7.69. The molecule has 0 aliphatic carbocycles. The van der Waals surface area contributed by atoms with E-state index in [1.807, 2.05) is 0 Å². The monoisotopic (exact) mass is 351 g/mol. The second-order valence-electron chi connectivity index (χ2n) is 2.82. The maximum atomic E-state index is 11.6. The predicted octanol–water partition coefficient (Wildman–Crippen LogP) is 3.74. The number of amides is 1. The van der Waals surface area contributed by atoms with Gasteiger partial charge in [-0.05, 0) is 18.2 Å². The zero-order valence-corrected chi connectivity index (χ0v) is 11.6. The summed E-state index contributed by atoms with van der Waals surface area (Å²) >= 11 is 12.3. The average Bonchev–Trinajstić information content (AvgIpc) is 2.14. The van der Waals surface area contributed by atoms with E-state index in [0.717, 1.165) is 4.47 Å². The predicted molar refractivity (Wildman–Crippen MR) is 69.6 cm³/mol. The zero-order chi connectivity index (χ0) is 11.4. The SMILES string of the molecule is C=C(Br)CNC(=O)c1ccc(Br)cc1Cl. The van der Waals surface area contributed by atoms with E-state index in [9.17, 15) is 4.79 Å². The third-order valence-corrected chi connectivity index (χ3v) is 2.70. The number of rotatable bonds is 3. The minimum Gasteiger partial charge on any atom is -0.347 e. The Labute approximate surface area is 110 Å². The lowest BCUT2D eigenvalue weighted by atomic mass is 10.2. The van der Waals surface area contributed by atoms with E-state index in [1.54, 1.807) is 18.2 Å². The lowest BCUT2D eigenvalue weighted by Crippen LogP contribution is -2.24. The molecule has 1 N–H and O–H groups in total. The van der Waals surface area contributed by atoms with Crippen LogP contribution in [0.15, 0.2) is 33.7 Å². The number of nitrogens with one attached hydrogen (secondary N) is 1. The van der Waals surface area contributed by atoms with Crippen molar-refractivity contribution < 1.29 is 4.79 Å². The topological polar surface area (TPSA) is 29.1 Å². The molecule has 0 bridgehead atoms. The van der Waals surface area contributed by atoms with Gasteiger partial charge in [0.15, 0.2) is 0 Å². The molecule has 1 rings (SSSR count). The first-order valence-electron chi connectivity index (χ1n) is 4.07. The van der Waals surface area contributed by atoms with Crippen molar-refractivity contribution in [1.29, 1.82) is 0 Å². The standard InChI is InChI=1S/C10H8Br2ClNO/c1-6(11)5-14-10(15)8-3-2-7(12)4-9(8)13/h2-4H,1,5H2,(H,14,15). The molecule has 0 unspecified atom stereocenters. The number of hydrogen-bond acceptors (Lipinski definition) is 1. The van der Waals surface area contributed by atoms with Crippen molar-refractivity contribution in [1.82, 2.24) is 5.32 Å². The first-order valence-corrected chi connectivity index (χ1v) is 6.03. The van der Waals surface area contributed by atoms with Gasteiger partial charge >= 0.3 is 0 Å². The summed E-state index contributed by atoms with van der Waals surface area (Å²) in [4.78, 5) is 11.6. The van der Waals surface area contributed by atoms with E-state index in [2.05, 4.69) is 43.8 Å². The molecule has 0 aromatic heterocycles. The number of benzene rings is 1. The molecule has 2 nitrogen and oxygen atoms in total. The van der Waals surface area contributed by atoms with Gasteiger partial charge in [-0.3, -0.25) is 4.79 Å². The van der Waals surface area contributed by atoms with E-state index < -0.39 is 0 Å². The molecule has 0 saturated heterocycles. The van der Waals surface area contributed by atoms with Crippen LogP contribution in [0.25, 0.3) is 0 Å². The summed E-state index contributed by atoms with van der Waals surface area (Å²) in [6, 6.07) is 5.11. The largest absolute Gasteiger partial charge is 0.347 e. The van der Waals surface area contributed by atoms with Gasteiger partial charge in [0.1, 0.15) is 0 Å². The fourth-order valence-electron chi connectivity index (χ4n) is 0.945. The van der Waals surface area contributed by atoms with E-state index in [0.29, 0.717) is 21.6 Å². The molecule has 1 aromatic rings. The van der Waals surface area contributed by atoms with Crippen molar-refractivity contribution >= 4 is 49.4 Å². The summed E-state index contributed by atoms with van der Waals surface area (Å²) in [6.45, 7) is 4.00. The molecule has 0 spiro atoms. The molecule has 1 amide bonds. The van der Waals surface area contributed by atoms with Gasteiger partial charge in [0.25, 0.3) is 5.91 Å². The first-order chi connectivity index (χ1) is 7.00. The molecular formula is C10H8Br2ClNO. The summed E-state index contributed by atoms with van der Waals surface area (Å²) in [5.74, 6) is -0.215. The quantitative estimate of drug-likeness (QED) is 0.881. The maximum absolute atomic E-state index is 11.6. The Morgan fingerprint density at radius 2 is 2.20 bits per heavy atom. The summed E-state index contributed by atoms with van der Waals surface area (Å²) in [5, 5.41) is 3.09. The van der Waals surface area contributed by atoms with Crippen LogP contribution < -0.4 is 5.32 Å². The highest BCUT2D eigenvalue weighted by Gasteiger charge is 2.09. The molecular weight excluding hydrogens is 345 g/mol. The molecule has 0 saturated carbocycles. The molecule has 0 atom stereocenters. The smallest absolute Gasteiger partial charge is 0.253 e. The Kier molecular flexibility index (Phi) is 4.83. The minimum atomic E-state index is -0.215. The van der Waals surface area contributed by atoms with Crippen LogP contribution in [-0.4, -0.2) is 12.5 Å². The molecule has 0 heterocycles. The van der Waals surface area contributed by atoms with Gasteiger partial charge in [0.05, 0.1) is 10.6 Å². The summed E-state index contributed by atoms with van der Waals surface area (Å²) in [7, 11) is 0. The number of halogens is 3. The van der Waals surface area contributed by atoms with E-state index in [1.165, 1.54) is 0 Å². The van der Waals surface area contributed by atoms with Crippen molar-refractivity contribution in [2.75, 3.05) is 6.54 Å². The van der Waals surface area contributed by atoms with Crippen molar-refractivity contribution in [3.63, 3.8) is 0 Å². The Morgan fingerprint density at radius 3 is 2.73 bits per heavy atom. The highest BCUT2D eigenvalue weighted by molar-refractivity contribution is 9.11. The lowest BCUT2D eigenvalue weighted by molar-refractivity contribution is 0.0958. The van der Waals surface area contributed by atoms with Gasteiger partial charge in [0.2, 0.25) is 0 Å². The van der Waals surface area contributed by atoms with Crippen molar-refractivity contribution in [3.05, 3.63) is 44.3 Å². The van der Waals surface area contributed by atoms with Crippen LogP contribution in [0.1, 0.15) is 10.4 Å². The van der Waals surface area contributed by atoms with E-state index in [4.69, 9.17) is 11.6 Å². The first kappa shape index (κ1) is 12.7. The normalized spacial score (nSPS) is 9.80. The van der Waals surface area contributed by atoms with Crippen molar-refractivity contribution in [3.8, 4) is 0 Å². The van der Waals surface area contributed by atoms with Gasteiger partial charge in [-0.25, -0.2) is 0 Å². The highest BCUT2D eigenvalue weighted by Crippen LogP contribution is 2.21. The Hall–Kier alpha value is -0.320. The van der Waals surface area contributed by atoms with Crippen LogP contribution in [0.2, 0.25) is 5.02 Å². The van der Waals surface area contributed by atoms with Crippen LogP contribution in [-0.2, 0) is 0 Å². The Balaban J connectivity index is 2.78. The number of carbonyl (C=O) groups excluding carboxylic acids is 1. The number of carbonyl (C=O) groups is 1. The average molecular weight is 353 g/mol. The molecule has 0 aliphatic rings. The highest BCUT2D eigenvalue weighted by atomic mass is 79.9. The fourth-order valence-corrected chi connectivity index (χ4v) is 1.84. The molecule has 0 fully saturated rings. The lowest BCUT2D eigenvalue weighted by Gasteiger charge is -2.05. The van der Waals surface area contributed by atoms with Gasteiger partial charge < -0.3 is 5.32 Å². The Morgan fingerprint density at radius 1 is 1.53 bits per heavy atom. The molecule has 15 heavy (non-hydrogen) atoms. The second kappa shape index (κ2) is 5.68. The maximum Gasteiger partial charge on any atom is 0.253 e. The van der Waals surface area contributed by atoms with E-state index >= 15 is 0 Å². The van der Waals surface area contributed by atoms with Crippen LogP contribution in [0.5, 0.6) is 0 Å². The second-order valence-corrected chi connectivity index (χ2v) is 5.27. The van der Waals surface area contributed by atoms with Crippen LogP contribution in [0.4, 0.5) is 0 Å². The summed E-state index contributed by atoms with van der Waals surface area (Å²) in [6.07, 6.45) is 0. The molecule has 1 aromatic carbocycles. The third-order valence-electron chi connectivity index (χ3n) is 1.62. The van der Waals surface area contributed by atoms with Gasteiger partial charge in [-0.1, -0.05) is 50.0 Å². The van der Waals surface area contributed by atoms with Crippen LogP contribution in [0.3, 0.4) is 0 Å². The summed E-state index contributed by atoms with van der Waals surface area (Å²) < 4.78 is 1.55. The van der Waals surface area contributed by atoms with Gasteiger partial charge in [-0.15, -0.1) is 0 Å². The fraction of sp³-hybridized carbons (Fsp3) is 0.100. The van der Waals surface area contributed by atoms with Crippen LogP contribution >= 0.6 is 43.5 Å². The van der Waals surface area contributed by atoms with Crippen molar-refractivity contribution in [2.45, 2.75) is 0 Å². The van der Waals surface area contributed by atoms with E-state index in [-0.39, 0.29) is 5.91 Å². The number of hydrogen-bond donors (Lipinski definition) is 1. The molecule has 80 valence electrons. The molecule has 0 aliphatic heterocycles. The van der Waals surface area contributed by atoms with Gasteiger partial charge in [-0.2, -0.15) is 0 Å². The van der Waals surface area contributed by atoms with Crippen LogP contribution in [0, 0.1) is 0 Å². The molecule has 5 heteroatoms. The molecule has 0 radical (unpaired) electrons.